The van der Waals surface area contributed by atoms with Gasteiger partial charge in [-0.25, -0.2) is 4.98 Å². The van der Waals surface area contributed by atoms with Gasteiger partial charge in [-0.05, 0) is 84.9 Å². The molecule has 0 N–H and O–H groups in total. The lowest BCUT2D eigenvalue weighted by molar-refractivity contribution is -0.138. The number of alkyl halides is 6. The summed E-state index contributed by atoms with van der Waals surface area (Å²) in [5, 5.41) is 14.3. The van der Waals surface area contributed by atoms with Crippen LogP contribution in [0.2, 0.25) is 0 Å². The van der Waals surface area contributed by atoms with Gasteiger partial charge >= 0.3 is 12.4 Å². The molecule has 12 aromatic rings. The van der Waals surface area contributed by atoms with E-state index in [-0.39, 0.29) is 39.4 Å². The minimum absolute atomic E-state index is 0.0620. The Morgan fingerprint density at radius 2 is 0.985 bits per heavy atom. The van der Waals surface area contributed by atoms with Crippen LogP contribution in [0.1, 0.15) is 16.7 Å². The SMILES string of the molecule is N#Cc1ccc(-n2c3ccccc3c3c2ccc2c4ccccc4n(-c4ccccc4)c23)c(-c2nc(-c3ccccc3)nc(-n3c4ccc(C(F)(F)F)cc4c4cc(C(F)(F)F)ccc43)n2)c1. The molecule has 8 aromatic carbocycles. The maximum atomic E-state index is 14.2. The smallest absolute Gasteiger partial charge is 0.309 e. The lowest BCUT2D eigenvalue weighted by Crippen LogP contribution is -2.08. The van der Waals surface area contributed by atoms with Gasteiger partial charge in [0.15, 0.2) is 11.6 Å². The zero-order chi connectivity index (χ0) is 45.8. The van der Waals surface area contributed by atoms with E-state index in [9.17, 15) is 31.6 Å². The summed E-state index contributed by atoms with van der Waals surface area (Å²) in [6, 6.07) is 53.0. The van der Waals surface area contributed by atoms with Crippen LogP contribution in [0.5, 0.6) is 0 Å². The Morgan fingerprint density at radius 3 is 1.63 bits per heavy atom. The summed E-state index contributed by atoms with van der Waals surface area (Å²) in [6.07, 6.45) is -9.55. The van der Waals surface area contributed by atoms with Gasteiger partial charge in [-0.1, -0.05) is 91.0 Å². The molecule has 4 aromatic heterocycles. The summed E-state index contributed by atoms with van der Waals surface area (Å²) >= 11 is 0. The van der Waals surface area contributed by atoms with Crippen LogP contribution in [0.25, 0.3) is 106 Å². The van der Waals surface area contributed by atoms with Crippen molar-refractivity contribution < 1.29 is 26.3 Å². The molecule has 67 heavy (non-hydrogen) atoms. The summed E-state index contributed by atoms with van der Waals surface area (Å²) in [5.41, 5.74) is 4.84. The Kier molecular flexibility index (Phi) is 8.69. The Balaban J connectivity index is 1.17. The van der Waals surface area contributed by atoms with Crippen LogP contribution in [0.4, 0.5) is 26.3 Å². The number of fused-ring (bicyclic) bond motifs is 10. The summed E-state index contributed by atoms with van der Waals surface area (Å²) < 4.78 is 90.9. The number of rotatable bonds is 5. The molecule has 12 rings (SSSR count). The Labute approximate surface area is 375 Å². The molecule has 0 aliphatic carbocycles. The Bertz CT molecular complexity index is 3960. The highest BCUT2D eigenvalue weighted by Gasteiger charge is 2.34. The van der Waals surface area contributed by atoms with Crippen LogP contribution < -0.4 is 0 Å². The van der Waals surface area contributed by atoms with E-state index in [0.717, 1.165) is 73.6 Å². The van der Waals surface area contributed by atoms with Crippen molar-refractivity contribution >= 4 is 65.4 Å². The highest BCUT2D eigenvalue weighted by atomic mass is 19.4. The first-order valence-electron chi connectivity index (χ1n) is 21.1. The third kappa shape index (κ3) is 6.24. The maximum absolute atomic E-state index is 14.2. The topological polar surface area (TPSA) is 77.2 Å². The number of nitriles is 1. The first-order chi connectivity index (χ1) is 32.5. The van der Waals surface area contributed by atoms with E-state index >= 15 is 0 Å². The minimum atomic E-state index is -4.77. The number of hydrogen-bond donors (Lipinski definition) is 0. The molecule has 0 aliphatic rings. The average molecular weight is 890 g/mol. The molecule has 0 spiro atoms. The zero-order valence-electron chi connectivity index (χ0n) is 34.6. The predicted octanol–water partition coefficient (Wildman–Crippen LogP) is 14.4. The third-order valence-corrected chi connectivity index (χ3v) is 12.4. The molecule has 0 unspecified atom stereocenters. The van der Waals surface area contributed by atoms with Gasteiger partial charge in [0.25, 0.3) is 0 Å². The monoisotopic (exact) mass is 889 g/mol. The van der Waals surface area contributed by atoms with Gasteiger partial charge in [-0.3, -0.25) is 4.57 Å². The second-order valence-corrected chi connectivity index (χ2v) is 16.2. The molecule has 0 atom stereocenters. The van der Waals surface area contributed by atoms with Gasteiger partial charge in [0.05, 0.1) is 61.5 Å². The van der Waals surface area contributed by atoms with Crippen LogP contribution in [0.3, 0.4) is 0 Å². The molecular formula is C54H29F6N7. The maximum Gasteiger partial charge on any atom is 0.416 e. The molecule has 0 saturated carbocycles. The van der Waals surface area contributed by atoms with Crippen molar-refractivity contribution in [2.75, 3.05) is 0 Å². The fourth-order valence-electron chi connectivity index (χ4n) is 9.49. The molecule has 4 heterocycles. The van der Waals surface area contributed by atoms with Gasteiger partial charge in [0.2, 0.25) is 5.95 Å². The van der Waals surface area contributed by atoms with Crippen molar-refractivity contribution in [3.63, 3.8) is 0 Å². The summed E-state index contributed by atoms with van der Waals surface area (Å²) in [4.78, 5) is 14.9. The molecule has 0 aliphatic heterocycles. The quantitative estimate of drug-likeness (QED) is 0.161. The third-order valence-electron chi connectivity index (χ3n) is 12.4. The predicted molar refractivity (Wildman–Crippen MR) is 248 cm³/mol. The van der Waals surface area contributed by atoms with Crippen molar-refractivity contribution in [1.82, 2.24) is 28.7 Å². The lowest BCUT2D eigenvalue weighted by atomic mass is 10.1. The second-order valence-electron chi connectivity index (χ2n) is 16.2. The highest BCUT2D eigenvalue weighted by Crippen LogP contribution is 2.44. The van der Waals surface area contributed by atoms with E-state index in [0.29, 0.717) is 22.4 Å². The molecule has 0 bridgehead atoms. The second kappa shape index (κ2) is 14.6. The molecule has 322 valence electrons. The number of benzene rings is 8. The number of aromatic nitrogens is 6. The molecule has 0 fully saturated rings. The first kappa shape index (κ1) is 39.8. The summed E-state index contributed by atoms with van der Waals surface area (Å²) in [6.45, 7) is 0. The summed E-state index contributed by atoms with van der Waals surface area (Å²) in [7, 11) is 0. The standard InChI is InChI=1S/C54H29F6N7/c55-53(56,57)33-20-24-44-39(28-33)40-29-34(54(58,59)60)21-25-45(40)67(44)52-63-50(32-11-3-1-4-12-32)62-51(64-52)41-27-31(30-61)19-23-46(41)66-43-18-10-8-16-38(43)48-47(66)26-22-37-36-15-7-9-17-42(36)65(49(37)48)35-13-5-2-6-14-35/h1-29H. The van der Waals surface area contributed by atoms with E-state index in [4.69, 9.17) is 15.0 Å². The number of hydrogen-bond acceptors (Lipinski definition) is 4. The molecule has 7 nitrogen and oxygen atoms in total. The molecule has 0 radical (unpaired) electrons. The van der Waals surface area contributed by atoms with Crippen molar-refractivity contribution in [3.8, 4) is 46.2 Å². The highest BCUT2D eigenvalue weighted by molar-refractivity contribution is 6.26. The lowest BCUT2D eigenvalue weighted by Gasteiger charge is -2.16. The first-order valence-corrected chi connectivity index (χ1v) is 21.1. The van der Waals surface area contributed by atoms with Gasteiger partial charge in [0, 0.05) is 49.1 Å². The van der Waals surface area contributed by atoms with Crippen molar-refractivity contribution in [1.29, 1.82) is 5.26 Å². The van der Waals surface area contributed by atoms with Crippen molar-refractivity contribution in [3.05, 3.63) is 193 Å². The van der Waals surface area contributed by atoms with E-state index in [1.165, 1.54) is 16.7 Å². The van der Waals surface area contributed by atoms with Crippen molar-refractivity contribution in [2.24, 2.45) is 0 Å². The van der Waals surface area contributed by atoms with Gasteiger partial charge in [0.1, 0.15) is 0 Å². The van der Waals surface area contributed by atoms with Crippen LogP contribution in [-0.2, 0) is 12.4 Å². The number of halogens is 6. The fraction of sp³-hybridized carbons (Fsp3) is 0.0370. The van der Waals surface area contributed by atoms with Crippen LogP contribution in [-0.4, -0.2) is 28.7 Å². The molecule has 0 saturated heterocycles. The van der Waals surface area contributed by atoms with Gasteiger partial charge in [-0.2, -0.15) is 41.6 Å². The van der Waals surface area contributed by atoms with Gasteiger partial charge in [-0.15, -0.1) is 0 Å². The van der Waals surface area contributed by atoms with Crippen molar-refractivity contribution in [2.45, 2.75) is 12.4 Å². The Hall–Kier alpha value is -8.76. The van der Waals surface area contributed by atoms with E-state index in [1.807, 2.05) is 60.7 Å². The Morgan fingerprint density at radius 1 is 0.433 bits per heavy atom. The van der Waals surface area contributed by atoms with E-state index in [1.54, 1.807) is 36.4 Å². The molecular weight excluding hydrogens is 861 g/mol. The summed E-state index contributed by atoms with van der Waals surface area (Å²) in [5.74, 6) is 0.224. The van der Waals surface area contributed by atoms with Crippen LogP contribution in [0.15, 0.2) is 176 Å². The molecule has 0 amide bonds. The van der Waals surface area contributed by atoms with Gasteiger partial charge < -0.3 is 9.13 Å². The zero-order valence-corrected chi connectivity index (χ0v) is 34.6. The normalized spacial score (nSPS) is 12.3. The largest absolute Gasteiger partial charge is 0.416 e. The van der Waals surface area contributed by atoms with E-state index in [2.05, 4.69) is 57.7 Å². The van der Waals surface area contributed by atoms with Crippen LogP contribution in [0, 0.1) is 11.3 Å². The van der Waals surface area contributed by atoms with E-state index < -0.39 is 23.5 Å². The number of nitrogens with zero attached hydrogens (tertiary/aromatic N) is 7. The van der Waals surface area contributed by atoms with Crippen LogP contribution >= 0.6 is 0 Å². The average Bonchev–Trinajstić information content (AvgIpc) is 3.99. The number of para-hydroxylation sites is 3. The minimum Gasteiger partial charge on any atom is -0.309 e. The molecule has 13 heteroatoms. The fourth-order valence-corrected chi connectivity index (χ4v) is 9.49.